The third kappa shape index (κ3) is 3.97. The molecule has 1 aliphatic carbocycles. The van der Waals surface area contributed by atoms with Crippen LogP contribution in [0.4, 0.5) is 0 Å². The Morgan fingerprint density at radius 2 is 1.70 bits per heavy atom. The summed E-state index contributed by atoms with van der Waals surface area (Å²) in [4.78, 5) is 25.0. The van der Waals surface area contributed by atoms with Crippen molar-refractivity contribution in [1.82, 2.24) is 4.90 Å². The number of aliphatic carboxylic acids is 1. The molecule has 0 spiro atoms. The van der Waals surface area contributed by atoms with Gasteiger partial charge in [0.15, 0.2) is 0 Å². The van der Waals surface area contributed by atoms with Gasteiger partial charge in [0.25, 0.3) is 0 Å². The van der Waals surface area contributed by atoms with Crippen molar-refractivity contribution in [3.8, 4) is 0 Å². The fourth-order valence-corrected chi connectivity index (χ4v) is 3.26. The van der Waals surface area contributed by atoms with E-state index in [0.29, 0.717) is 17.8 Å². The molecule has 1 aliphatic rings. The second-order valence-electron chi connectivity index (χ2n) is 7.13. The minimum atomic E-state index is -0.910. The van der Waals surface area contributed by atoms with E-state index < -0.39 is 12.0 Å². The van der Waals surface area contributed by atoms with Crippen molar-refractivity contribution in [2.24, 2.45) is 17.3 Å². The molecular formula is C16H29NO3. The molecule has 1 amide bonds. The number of carboxylic acids is 1. The van der Waals surface area contributed by atoms with Gasteiger partial charge in [0.05, 0.1) is 0 Å². The average Bonchev–Trinajstić information content (AvgIpc) is 2.37. The van der Waals surface area contributed by atoms with Crippen LogP contribution in [0.1, 0.15) is 59.8 Å². The Kier molecular flexibility index (Phi) is 5.60. The van der Waals surface area contributed by atoms with Gasteiger partial charge in [-0.25, -0.2) is 4.79 Å². The van der Waals surface area contributed by atoms with E-state index in [1.165, 1.54) is 4.90 Å². The number of rotatable bonds is 4. The molecule has 0 saturated heterocycles. The third-order valence-electron chi connectivity index (χ3n) is 4.79. The van der Waals surface area contributed by atoms with Crippen LogP contribution >= 0.6 is 0 Å². The summed E-state index contributed by atoms with van der Waals surface area (Å²) in [6.07, 6.45) is 4.37. The lowest BCUT2D eigenvalue weighted by atomic mass is 9.69. The normalized spacial score (nSPS) is 25.1. The van der Waals surface area contributed by atoms with Crippen LogP contribution in [-0.4, -0.2) is 35.0 Å². The molecule has 116 valence electrons. The van der Waals surface area contributed by atoms with E-state index in [2.05, 4.69) is 20.8 Å². The number of hydrogen-bond acceptors (Lipinski definition) is 2. The highest BCUT2D eigenvalue weighted by atomic mass is 16.4. The molecule has 0 aromatic rings. The highest BCUT2D eigenvalue weighted by molar-refractivity contribution is 5.84. The van der Waals surface area contributed by atoms with Crippen molar-refractivity contribution in [2.45, 2.75) is 65.8 Å². The molecule has 1 atom stereocenters. The Labute approximate surface area is 122 Å². The highest BCUT2D eigenvalue weighted by Crippen LogP contribution is 2.40. The molecule has 20 heavy (non-hydrogen) atoms. The summed E-state index contributed by atoms with van der Waals surface area (Å²) in [6, 6.07) is -0.692. The van der Waals surface area contributed by atoms with E-state index in [0.717, 1.165) is 25.7 Å². The number of carboxylic acid groups (broad SMARTS) is 1. The first-order valence-electron chi connectivity index (χ1n) is 7.68. The quantitative estimate of drug-likeness (QED) is 0.862. The zero-order valence-electron chi connectivity index (χ0n) is 13.5. The molecular weight excluding hydrogens is 254 g/mol. The lowest BCUT2D eigenvalue weighted by molar-refractivity contribution is -0.151. The summed E-state index contributed by atoms with van der Waals surface area (Å²) >= 11 is 0. The van der Waals surface area contributed by atoms with Crippen molar-refractivity contribution in [3.63, 3.8) is 0 Å². The number of likely N-dealkylation sites (N-methyl/N-ethyl adjacent to an activating group) is 1. The molecule has 0 radical (unpaired) electrons. The molecule has 0 aromatic carbocycles. The monoisotopic (exact) mass is 283 g/mol. The van der Waals surface area contributed by atoms with E-state index in [1.807, 2.05) is 0 Å². The predicted molar refractivity (Wildman–Crippen MR) is 79.4 cm³/mol. The molecule has 0 aliphatic heterocycles. The first kappa shape index (κ1) is 17.0. The van der Waals surface area contributed by atoms with Crippen molar-refractivity contribution >= 4 is 11.9 Å². The highest BCUT2D eigenvalue weighted by Gasteiger charge is 2.35. The maximum absolute atomic E-state index is 12.4. The number of carbonyl (C=O) groups is 2. The zero-order chi connectivity index (χ0) is 15.5. The summed E-state index contributed by atoms with van der Waals surface area (Å²) in [6.45, 7) is 8.56. The Morgan fingerprint density at radius 1 is 1.20 bits per heavy atom. The summed E-state index contributed by atoms with van der Waals surface area (Å²) in [5.41, 5.74) is 0.299. The van der Waals surface area contributed by atoms with E-state index >= 15 is 0 Å². The predicted octanol–water partition coefficient (Wildman–Crippen LogP) is 3.16. The maximum Gasteiger partial charge on any atom is 0.326 e. The van der Waals surface area contributed by atoms with Crippen molar-refractivity contribution in [1.29, 1.82) is 0 Å². The van der Waals surface area contributed by atoms with Crippen LogP contribution < -0.4 is 0 Å². The molecule has 1 N–H and O–H groups in total. The molecule has 0 heterocycles. The molecule has 0 bridgehead atoms. The third-order valence-corrected chi connectivity index (χ3v) is 4.79. The summed E-state index contributed by atoms with van der Waals surface area (Å²) in [5.74, 6) is -0.233. The Bertz CT molecular complexity index is 351. The first-order chi connectivity index (χ1) is 9.18. The van der Waals surface area contributed by atoms with Crippen molar-refractivity contribution < 1.29 is 14.7 Å². The number of nitrogens with zero attached hydrogens (tertiary/aromatic N) is 1. The molecule has 4 heteroatoms. The standard InChI is InChI=1S/C16H29NO3/c1-6-13(15(19)20)17(5)14(18)11-7-9-12(10-8-11)16(2,3)4/h11-13H,6-10H2,1-5H3,(H,19,20). The van der Waals surface area contributed by atoms with E-state index in [1.54, 1.807) is 14.0 Å². The minimum Gasteiger partial charge on any atom is -0.480 e. The van der Waals surface area contributed by atoms with Gasteiger partial charge in [-0.1, -0.05) is 27.7 Å². The second-order valence-corrected chi connectivity index (χ2v) is 7.13. The van der Waals surface area contributed by atoms with Crippen LogP contribution in [0.3, 0.4) is 0 Å². The summed E-state index contributed by atoms with van der Waals surface area (Å²) in [7, 11) is 1.63. The van der Waals surface area contributed by atoms with E-state index in [9.17, 15) is 9.59 Å². The topological polar surface area (TPSA) is 57.6 Å². The molecule has 1 fully saturated rings. The van der Waals surface area contributed by atoms with E-state index in [-0.39, 0.29) is 11.8 Å². The largest absolute Gasteiger partial charge is 0.480 e. The van der Waals surface area contributed by atoms with Crippen molar-refractivity contribution in [3.05, 3.63) is 0 Å². The van der Waals surface area contributed by atoms with Crippen LogP contribution in [0.5, 0.6) is 0 Å². The second kappa shape index (κ2) is 6.59. The molecule has 1 saturated carbocycles. The number of carbonyl (C=O) groups excluding carboxylic acids is 1. The van der Waals surface area contributed by atoms with E-state index in [4.69, 9.17) is 5.11 Å². The lowest BCUT2D eigenvalue weighted by Crippen LogP contribution is -2.45. The summed E-state index contributed by atoms with van der Waals surface area (Å²) < 4.78 is 0. The Balaban J connectivity index is 2.60. The average molecular weight is 283 g/mol. The van der Waals surface area contributed by atoms with Crippen LogP contribution in [0, 0.1) is 17.3 Å². The van der Waals surface area contributed by atoms with Crippen LogP contribution in [0.15, 0.2) is 0 Å². The van der Waals surface area contributed by atoms with Gasteiger partial charge in [0.1, 0.15) is 6.04 Å². The van der Waals surface area contributed by atoms with Gasteiger partial charge in [-0.05, 0) is 43.4 Å². The van der Waals surface area contributed by atoms with Crippen LogP contribution in [0.2, 0.25) is 0 Å². The lowest BCUT2D eigenvalue weighted by Gasteiger charge is -2.38. The van der Waals surface area contributed by atoms with Crippen LogP contribution in [-0.2, 0) is 9.59 Å². The van der Waals surface area contributed by atoms with Gasteiger partial charge in [-0.3, -0.25) is 4.79 Å². The van der Waals surface area contributed by atoms with Gasteiger partial charge in [-0.15, -0.1) is 0 Å². The minimum absolute atomic E-state index is 0.00612. The Hall–Kier alpha value is -1.06. The molecule has 4 nitrogen and oxygen atoms in total. The van der Waals surface area contributed by atoms with Gasteiger partial charge < -0.3 is 10.0 Å². The van der Waals surface area contributed by atoms with Gasteiger partial charge in [0.2, 0.25) is 5.91 Å². The van der Waals surface area contributed by atoms with Crippen LogP contribution in [0.25, 0.3) is 0 Å². The number of amides is 1. The number of hydrogen-bond donors (Lipinski definition) is 1. The maximum atomic E-state index is 12.4. The SMILES string of the molecule is CCC(C(=O)O)N(C)C(=O)C1CCC(C(C)(C)C)CC1. The Morgan fingerprint density at radius 3 is 2.05 bits per heavy atom. The molecule has 1 unspecified atom stereocenters. The molecule has 0 aromatic heterocycles. The van der Waals surface area contributed by atoms with Gasteiger partial charge >= 0.3 is 5.97 Å². The fraction of sp³-hybridized carbons (Fsp3) is 0.875. The van der Waals surface area contributed by atoms with Gasteiger partial charge in [-0.2, -0.15) is 0 Å². The summed E-state index contributed by atoms with van der Waals surface area (Å²) in [5, 5.41) is 9.15. The van der Waals surface area contributed by atoms with Gasteiger partial charge in [0, 0.05) is 13.0 Å². The first-order valence-corrected chi connectivity index (χ1v) is 7.68. The molecule has 1 rings (SSSR count). The van der Waals surface area contributed by atoms with Crippen molar-refractivity contribution in [2.75, 3.05) is 7.05 Å². The zero-order valence-corrected chi connectivity index (χ0v) is 13.5. The smallest absolute Gasteiger partial charge is 0.326 e. The fourth-order valence-electron chi connectivity index (χ4n) is 3.26.